The molecule has 2 aromatic rings. The molecule has 114 valence electrons. The highest BCUT2D eigenvalue weighted by Gasteiger charge is 2.15. The molecule has 0 atom stereocenters. The average Bonchev–Trinajstić information content (AvgIpc) is 3.00. The molecule has 0 spiro atoms. The van der Waals surface area contributed by atoms with Crippen LogP contribution < -0.4 is 0 Å². The molecule has 2 aromatic carbocycles. The van der Waals surface area contributed by atoms with Crippen molar-refractivity contribution in [1.82, 2.24) is 4.90 Å². The summed E-state index contributed by atoms with van der Waals surface area (Å²) in [6, 6.07) is 11.5. The molecule has 2 nitrogen and oxygen atoms in total. The zero-order valence-corrected chi connectivity index (χ0v) is 12.9. The van der Waals surface area contributed by atoms with Gasteiger partial charge in [0.05, 0.1) is 5.02 Å². The van der Waals surface area contributed by atoms with E-state index >= 15 is 0 Å². The average molecular weight is 318 g/mol. The Bertz CT molecular complexity index is 695. The van der Waals surface area contributed by atoms with Gasteiger partial charge in [-0.05, 0) is 55.8 Å². The molecule has 1 fully saturated rings. The second kappa shape index (κ2) is 6.59. The third-order valence-corrected chi connectivity index (χ3v) is 4.28. The number of hydrogen-bond donors (Lipinski definition) is 0. The Balaban J connectivity index is 1.83. The van der Waals surface area contributed by atoms with E-state index in [0.717, 1.165) is 25.2 Å². The fourth-order valence-electron chi connectivity index (χ4n) is 2.84. The first-order valence-corrected chi connectivity index (χ1v) is 7.82. The molecule has 1 heterocycles. The van der Waals surface area contributed by atoms with Crippen LogP contribution in [0.25, 0.3) is 0 Å². The molecule has 0 radical (unpaired) electrons. The number of ketones is 1. The minimum atomic E-state index is -0.440. The maximum Gasteiger partial charge on any atom is 0.194 e. The van der Waals surface area contributed by atoms with Crippen molar-refractivity contribution in [3.05, 3.63) is 70.0 Å². The third kappa shape index (κ3) is 3.37. The number of halogens is 2. The molecular weight excluding hydrogens is 301 g/mol. The molecule has 3 rings (SSSR count). The van der Waals surface area contributed by atoms with Crippen LogP contribution in [0.3, 0.4) is 0 Å². The summed E-state index contributed by atoms with van der Waals surface area (Å²) in [5.41, 5.74) is 2.04. The van der Waals surface area contributed by atoms with Gasteiger partial charge in [0, 0.05) is 17.7 Å². The van der Waals surface area contributed by atoms with E-state index in [-0.39, 0.29) is 10.8 Å². The lowest BCUT2D eigenvalue weighted by atomic mass is 10.0. The first-order chi connectivity index (χ1) is 10.6. The van der Waals surface area contributed by atoms with Crippen molar-refractivity contribution in [3.8, 4) is 0 Å². The van der Waals surface area contributed by atoms with Gasteiger partial charge in [-0.15, -0.1) is 0 Å². The summed E-state index contributed by atoms with van der Waals surface area (Å²) in [6.45, 7) is 3.09. The quantitative estimate of drug-likeness (QED) is 0.783. The molecule has 0 aliphatic carbocycles. The molecule has 0 aromatic heterocycles. The van der Waals surface area contributed by atoms with Gasteiger partial charge in [0.25, 0.3) is 0 Å². The highest BCUT2D eigenvalue weighted by molar-refractivity contribution is 6.35. The first kappa shape index (κ1) is 15.2. The SMILES string of the molecule is O=C(c1cccc(CN2CCCC2)c1)c1ccc(F)cc1Cl. The van der Waals surface area contributed by atoms with Crippen LogP contribution in [-0.2, 0) is 6.54 Å². The van der Waals surface area contributed by atoms with E-state index in [4.69, 9.17) is 11.6 Å². The number of likely N-dealkylation sites (tertiary alicyclic amines) is 1. The normalized spacial score (nSPS) is 15.2. The molecule has 1 aliphatic heterocycles. The van der Waals surface area contributed by atoms with Gasteiger partial charge in [0.15, 0.2) is 5.78 Å². The smallest absolute Gasteiger partial charge is 0.194 e. The van der Waals surface area contributed by atoms with E-state index in [0.29, 0.717) is 11.1 Å². The summed E-state index contributed by atoms with van der Waals surface area (Å²) in [4.78, 5) is 14.9. The Hall–Kier alpha value is -1.71. The van der Waals surface area contributed by atoms with Gasteiger partial charge < -0.3 is 0 Å². The number of carbonyl (C=O) groups excluding carboxylic acids is 1. The number of rotatable bonds is 4. The molecule has 22 heavy (non-hydrogen) atoms. The van der Waals surface area contributed by atoms with Crippen LogP contribution in [0.4, 0.5) is 4.39 Å². The molecule has 1 saturated heterocycles. The molecule has 1 aliphatic rings. The Morgan fingerprint density at radius 3 is 2.64 bits per heavy atom. The summed E-state index contributed by atoms with van der Waals surface area (Å²) >= 11 is 5.98. The van der Waals surface area contributed by atoms with Crippen molar-refractivity contribution < 1.29 is 9.18 Å². The van der Waals surface area contributed by atoms with Crippen molar-refractivity contribution in [2.24, 2.45) is 0 Å². The van der Waals surface area contributed by atoms with Gasteiger partial charge in [-0.1, -0.05) is 29.8 Å². The van der Waals surface area contributed by atoms with E-state index < -0.39 is 5.82 Å². The van der Waals surface area contributed by atoms with Crippen molar-refractivity contribution in [2.45, 2.75) is 19.4 Å². The molecule has 4 heteroatoms. The third-order valence-electron chi connectivity index (χ3n) is 3.97. The van der Waals surface area contributed by atoms with Gasteiger partial charge >= 0.3 is 0 Å². The van der Waals surface area contributed by atoms with Crippen LogP contribution in [0, 0.1) is 5.82 Å². The van der Waals surface area contributed by atoms with Gasteiger partial charge in [0.1, 0.15) is 5.82 Å². The molecule has 0 unspecified atom stereocenters. The minimum Gasteiger partial charge on any atom is -0.299 e. The predicted molar refractivity (Wildman–Crippen MR) is 85.8 cm³/mol. The molecule has 0 saturated carbocycles. The van der Waals surface area contributed by atoms with Crippen LogP contribution in [0.1, 0.15) is 34.3 Å². The van der Waals surface area contributed by atoms with E-state index in [1.807, 2.05) is 18.2 Å². The van der Waals surface area contributed by atoms with Crippen molar-refractivity contribution >= 4 is 17.4 Å². The van der Waals surface area contributed by atoms with Gasteiger partial charge in [-0.2, -0.15) is 0 Å². The first-order valence-electron chi connectivity index (χ1n) is 7.44. The second-order valence-corrected chi connectivity index (χ2v) is 6.04. The van der Waals surface area contributed by atoms with Crippen LogP contribution in [0.15, 0.2) is 42.5 Å². The Morgan fingerprint density at radius 2 is 1.91 bits per heavy atom. The van der Waals surface area contributed by atoms with Crippen LogP contribution >= 0.6 is 11.6 Å². The zero-order chi connectivity index (χ0) is 15.5. The number of carbonyl (C=O) groups is 1. The summed E-state index contributed by atoms with van der Waals surface area (Å²) < 4.78 is 13.1. The fourth-order valence-corrected chi connectivity index (χ4v) is 3.09. The van der Waals surface area contributed by atoms with Crippen LogP contribution in [0.2, 0.25) is 5.02 Å². The summed E-state index contributed by atoms with van der Waals surface area (Å²) in [6.07, 6.45) is 2.48. The van der Waals surface area contributed by atoms with Gasteiger partial charge in [-0.25, -0.2) is 4.39 Å². The zero-order valence-electron chi connectivity index (χ0n) is 12.2. The number of hydrogen-bond acceptors (Lipinski definition) is 2. The van der Waals surface area contributed by atoms with E-state index in [1.54, 1.807) is 6.07 Å². The number of nitrogens with zero attached hydrogens (tertiary/aromatic N) is 1. The largest absolute Gasteiger partial charge is 0.299 e. The van der Waals surface area contributed by atoms with Crippen molar-refractivity contribution in [2.75, 3.05) is 13.1 Å². The summed E-state index contributed by atoms with van der Waals surface area (Å²) in [5.74, 6) is -0.613. The molecular formula is C18H17ClFNO. The Morgan fingerprint density at radius 1 is 1.14 bits per heavy atom. The second-order valence-electron chi connectivity index (χ2n) is 5.64. The monoisotopic (exact) mass is 317 g/mol. The summed E-state index contributed by atoms with van der Waals surface area (Å²) in [7, 11) is 0. The highest BCUT2D eigenvalue weighted by atomic mass is 35.5. The van der Waals surface area contributed by atoms with Crippen molar-refractivity contribution in [1.29, 1.82) is 0 Å². The fraction of sp³-hybridized carbons (Fsp3) is 0.278. The lowest BCUT2D eigenvalue weighted by molar-refractivity contribution is 0.103. The molecule has 0 bridgehead atoms. The maximum atomic E-state index is 13.1. The predicted octanol–water partition coefficient (Wildman–Crippen LogP) is 4.31. The number of benzene rings is 2. The van der Waals surface area contributed by atoms with E-state index in [9.17, 15) is 9.18 Å². The Kier molecular flexibility index (Phi) is 4.55. The Labute approximate surface area is 134 Å². The lowest BCUT2D eigenvalue weighted by Gasteiger charge is -2.15. The molecule has 0 amide bonds. The van der Waals surface area contributed by atoms with Gasteiger partial charge in [0.2, 0.25) is 0 Å². The van der Waals surface area contributed by atoms with E-state index in [1.165, 1.54) is 31.0 Å². The topological polar surface area (TPSA) is 20.3 Å². The molecule has 0 N–H and O–H groups in total. The highest BCUT2D eigenvalue weighted by Crippen LogP contribution is 2.22. The summed E-state index contributed by atoms with van der Waals surface area (Å²) in [5, 5.41) is 0.148. The van der Waals surface area contributed by atoms with E-state index in [2.05, 4.69) is 4.90 Å². The minimum absolute atomic E-state index is 0.148. The maximum absolute atomic E-state index is 13.1. The van der Waals surface area contributed by atoms with Crippen molar-refractivity contribution in [3.63, 3.8) is 0 Å². The van der Waals surface area contributed by atoms with Crippen LogP contribution in [0.5, 0.6) is 0 Å². The van der Waals surface area contributed by atoms with Crippen LogP contribution in [-0.4, -0.2) is 23.8 Å². The lowest BCUT2D eigenvalue weighted by Crippen LogP contribution is -2.18. The van der Waals surface area contributed by atoms with Gasteiger partial charge in [-0.3, -0.25) is 9.69 Å². The standard InChI is InChI=1S/C18H17ClFNO/c19-17-11-15(20)6-7-16(17)18(22)14-5-3-4-13(10-14)12-21-8-1-2-9-21/h3-7,10-11H,1-2,8-9,12H2.